The van der Waals surface area contributed by atoms with E-state index < -0.39 is 16.0 Å². The summed E-state index contributed by atoms with van der Waals surface area (Å²) < 4.78 is 22.5. The Morgan fingerprint density at radius 1 is 1.53 bits per heavy atom. The molecule has 1 N–H and O–H groups in total. The second-order valence-corrected chi connectivity index (χ2v) is 5.46. The summed E-state index contributed by atoms with van der Waals surface area (Å²) in [5, 5.41) is 9.33. The van der Waals surface area contributed by atoms with Crippen LogP contribution >= 0.6 is 0 Å². The first-order valence-corrected chi connectivity index (χ1v) is 6.46. The third-order valence-electron chi connectivity index (χ3n) is 2.14. The van der Waals surface area contributed by atoms with Gasteiger partial charge in [0.15, 0.2) is 0 Å². The maximum Gasteiger partial charge on any atom is 0.525 e. The Morgan fingerprint density at radius 2 is 2.24 bits per heavy atom. The number of rotatable bonds is 2. The minimum absolute atomic E-state index is 0.118. The molecule has 0 aromatic carbocycles. The SMILES string of the molecule is CS(=O)(=O)c1ncc2c(n1)CN(OC(=O)O)C2. The van der Waals surface area contributed by atoms with Gasteiger partial charge in [0.25, 0.3) is 0 Å². The van der Waals surface area contributed by atoms with Crippen molar-refractivity contribution in [3.8, 4) is 0 Å². The highest BCUT2D eigenvalue weighted by atomic mass is 32.2. The van der Waals surface area contributed by atoms with Gasteiger partial charge in [0, 0.05) is 18.0 Å². The van der Waals surface area contributed by atoms with E-state index in [9.17, 15) is 13.2 Å². The molecule has 2 rings (SSSR count). The van der Waals surface area contributed by atoms with Gasteiger partial charge in [0.2, 0.25) is 15.0 Å². The van der Waals surface area contributed by atoms with Crippen LogP contribution in [0.25, 0.3) is 0 Å². The van der Waals surface area contributed by atoms with Crippen LogP contribution < -0.4 is 0 Å². The van der Waals surface area contributed by atoms with Crippen molar-refractivity contribution in [2.24, 2.45) is 0 Å². The van der Waals surface area contributed by atoms with Gasteiger partial charge in [-0.2, -0.15) is 0 Å². The summed E-state index contributed by atoms with van der Waals surface area (Å²) in [6.45, 7) is 0.332. The van der Waals surface area contributed by atoms with E-state index in [2.05, 4.69) is 14.8 Å². The molecule has 8 nitrogen and oxygen atoms in total. The van der Waals surface area contributed by atoms with E-state index >= 15 is 0 Å². The predicted octanol–water partition coefficient (Wildman–Crippen LogP) is -0.195. The highest BCUT2D eigenvalue weighted by Crippen LogP contribution is 2.21. The molecule has 0 atom stereocenters. The summed E-state index contributed by atoms with van der Waals surface area (Å²) in [5.74, 6) is 0. The number of hydrogen-bond acceptors (Lipinski definition) is 7. The van der Waals surface area contributed by atoms with Crippen molar-refractivity contribution in [2.45, 2.75) is 18.2 Å². The fraction of sp³-hybridized carbons (Fsp3) is 0.375. The van der Waals surface area contributed by atoms with Gasteiger partial charge in [0.05, 0.1) is 18.8 Å². The molecule has 9 heteroatoms. The molecule has 1 aromatic heterocycles. The van der Waals surface area contributed by atoms with E-state index in [1.165, 1.54) is 6.20 Å². The molecule has 92 valence electrons. The summed E-state index contributed by atoms with van der Waals surface area (Å²) in [7, 11) is -3.46. The molecule has 17 heavy (non-hydrogen) atoms. The van der Waals surface area contributed by atoms with Gasteiger partial charge in [-0.3, -0.25) is 0 Å². The summed E-state index contributed by atoms with van der Waals surface area (Å²) >= 11 is 0. The fourth-order valence-corrected chi connectivity index (χ4v) is 1.98. The van der Waals surface area contributed by atoms with Crippen LogP contribution in [0.4, 0.5) is 4.79 Å². The van der Waals surface area contributed by atoms with Crippen LogP contribution in [0.3, 0.4) is 0 Å². The number of nitrogens with zero attached hydrogens (tertiary/aromatic N) is 3. The Balaban J connectivity index is 2.25. The van der Waals surface area contributed by atoms with E-state index in [0.29, 0.717) is 11.3 Å². The molecule has 0 radical (unpaired) electrons. The fourth-order valence-electron chi connectivity index (χ4n) is 1.46. The summed E-state index contributed by atoms with van der Waals surface area (Å²) in [6, 6.07) is 0. The van der Waals surface area contributed by atoms with Crippen LogP contribution in [0.15, 0.2) is 11.4 Å². The average molecular weight is 259 g/mol. The van der Waals surface area contributed by atoms with Crippen molar-refractivity contribution in [2.75, 3.05) is 6.26 Å². The number of fused-ring (bicyclic) bond motifs is 1. The summed E-state index contributed by atoms with van der Waals surface area (Å²) in [4.78, 5) is 22.4. The maximum absolute atomic E-state index is 11.2. The molecule has 1 aliphatic heterocycles. The van der Waals surface area contributed by atoms with Crippen molar-refractivity contribution >= 4 is 16.0 Å². The smallest absolute Gasteiger partial charge is 0.448 e. The summed E-state index contributed by atoms with van der Waals surface area (Å²) in [5.41, 5.74) is 1.11. The lowest BCUT2D eigenvalue weighted by Crippen LogP contribution is -2.20. The molecule has 1 aromatic rings. The number of carbonyl (C=O) groups is 1. The second-order valence-electron chi connectivity index (χ2n) is 3.55. The van der Waals surface area contributed by atoms with Crippen LogP contribution in [0.2, 0.25) is 0 Å². The number of sulfone groups is 1. The van der Waals surface area contributed by atoms with E-state index in [4.69, 9.17) is 5.11 Å². The molecule has 0 fully saturated rings. The Kier molecular flexibility index (Phi) is 2.71. The standard InChI is InChI=1S/C8H9N3O5S/c1-17(14,15)7-9-2-5-3-11(16-8(12)13)4-6(5)10-7/h2H,3-4H2,1H3,(H,12,13). The van der Waals surface area contributed by atoms with Crippen molar-refractivity contribution in [1.82, 2.24) is 15.0 Å². The topological polar surface area (TPSA) is 110 Å². The quantitative estimate of drug-likeness (QED) is 0.727. The van der Waals surface area contributed by atoms with Crippen LogP contribution in [-0.4, -0.2) is 41.0 Å². The molecule has 0 amide bonds. The van der Waals surface area contributed by atoms with Crippen molar-refractivity contribution in [1.29, 1.82) is 0 Å². The van der Waals surface area contributed by atoms with Crippen LogP contribution in [0.5, 0.6) is 0 Å². The van der Waals surface area contributed by atoms with E-state index in [0.717, 1.165) is 11.3 Å². The molecular formula is C8H9N3O5S. The predicted molar refractivity (Wildman–Crippen MR) is 53.5 cm³/mol. The number of aromatic nitrogens is 2. The number of hydroxylamine groups is 2. The monoisotopic (exact) mass is 259 g/mol. The first kappa shape index (κ1) is 11.7. The molecule has 0 unspecified atom stereocenters. The lowest BCUT2D eigenvalue weighted by molar-refractivity contribution is -0.125. The molecule has 0 saturated heterocycles. The maximum atomic E-state index is 11.2. The normalized spacial score (nSPS) is 15.6. The van der Waals surface area contributed by atoms with E-state index in [1.807, 2.05) is 0 Å². The average Bonchev–Trinajstić information content (AvgIpc) is 2.55. The lowest BCUT2D eigenvalue weighted by atomic mass is 10.3. The first-order valence-electron chi connectivity index (χ1n) is 4.57. The highest BCUT2D eigenvalue weighted by Gasteiger charge is 2.25. The zero-order chi connectivity index (χ0) is 12.6. The van der Waals surface area contributed by atoms with Crippen LogP contribution in [-0.2, 0) is 27.8 Å². The lowest BCUT2D eigenvalue weighted by Gasteiger charge is -2.09. The van der Waals surface area contributed by atoms with Gasteiger partial charge in [-0.1, -0.05) is 0 Å². The van der Waals surface area contributed by atoms with E-state index in [-0.39, 0.29) is 18.2 Å². The van der Waals surface area contributed by atoms with Gasteiger partial charge in [-0.25, -0.2) is 23.2 Å². The van der Waals surface area contributed by atoms with Crippen molar-refractivity contribution in [3.05, 3.63) is 17.5 Å². The molecule has 0 saturated carbocycles. The van der Waals surface area contributed by atoms with Crippen LogP contribution in [0.1, 0.15) is 11.3 Å². The summed E-state index contributed by atoms with van der Waals surface area (Å²) in [6.07, 6.45) is 0.952. The molecule has 0 aliphatic carbocycles. The largest absolute Gasteiger partial charge is 0.525 e. The molecule has 0 spiro atoms. The van der Waals surface area contributed by atoms with Gasteiger partial charge >= 0.3 is 6.16 Å². The Hall–Kier alpha value is -1.74. The molecule has 2 heterocycles. The van der Waals surface area contributed by atoms with Crippen LogP contribution in [0, 0.1) is 0 Å². The van der Waals surface area contributed by atoms with Gasteiger partial charge in [-0.15, -0.1) is 5.06 Å². The minimum Gasteiger partial charge on any atom is -0.448 e. The first-order chi connectivity index (χ1) is 7.86. The third-order valence-corrected chi connectivity index (χ3v) is 3.00. The van der Waals surface area contributed by atoms with Crippen molar-refractivity contribution in [3.63, 3.8) is 0 Å². The van der Waals surface area contributed by atoms with E-state index in [1.54, 1.807) is 0 Å². The molecule has 0 bridgehead atoms. The molecular weight excluding hydrogens is 250 g/mol. The number of carboxylic acid groups (broad SMARTS) is 1. The highest BCUT2D eigenvalue weighted by molar-refractivity contribution is 7.90. The Bertz CT molecular complexity index is 571. The van der Waals surface area contributed by atoms with Gasteiger partial charge in [0.1, 0.15) is 0 Å². The molecule has 1 aliphatic rings. The minimum atomic E-state index is -3.46. The van der Waals surface area contributed by atoms with Crippen molar-refractivity contribution < 1.29 is 23.2 Å². The van der Waals surface area contributed by atoms with Gasteiger partial charge < -0.3 is 9.94 Å². The Morgan fingerprint density at radius 3 is 2.82 bits per heavy atom. The Labute approximate surface area is 96.7 Å². The third kappa shape index (κ3) is 2.50. The number of hydrogen-bond donors (Lipinski definition) is 1. The second kappa shape index (κ2) is 3.93. The zero-order valence-electron chi connectivity index (χ0n) is 8.82. The van der Waals surface area contributed by atoms with Gasteiger partial charge in [-0.05, 0) is 0 Å². The zero-order valence-corrected chi connectivity index (χ0v) is 9.64.